The summed E-state index contributed by atoms with van der Waals surface area (Å²) in [7, 11) is 0. The molecule has 0 aliphatic carbocycles. The predicted molar refractivity (Wildman–Crippen MR) is 91.6 cm³/mol. The van der Waals surface area contributed by atoms with Crippen molar-refractivity contribution in [3.63, 3.8) is 0 Å². The number of hydrogen-bond acceptors (Lipinski definition) is 3. The van der Waals surface area contributed by atoms with Gasteiger partial charge in [-0.3, -0.25) is 4.79 Å². The van der Waals surface area contributed by atoms with E-state index in [0.29, 0.717) is 21.3 Å². The molecule has 0 aliphatic rings. The van der Waals surface area contributed by atoms with Crippen LogP contribution in [0.25, 0.3) is 0 Å². The van der Waals surface area contributed by atoms with Gasteiger partial charge in [-0.1, -0.05) is 35.3 Å². The second-order valence-corrected chi connectivity index (χ2v) is 6.71. The average Bonchev–Trinajstić information content (AvgIpc) is 2.51. The van der Waals surface area contributed by atoms with Crippen molar-refractivity contribution in [2.24, 2.45) is 0 Å². The highest BCUT2D eigenvalue weighted by molar-refractivity contribution is 8.00. The number of hydrogen-bond donors (Lipinski definition) is 1. The zero-order valence-electron chi connectivity index (χ0n) is 11.6. The quantitative estimate of drug-likeness (QED) is 0.790. The molecule has 3 nitrogen and oxygen atoms in total. The van der Waals surface area contributed by atoms with Gasteiger partial charge in [-0.15, -0.1) is 11.8 Å². The summed E-state index contributed by atoms with van der Waals surface area (Å²) in [5.41, 5.74) is 0.925. The molecular weight excluding hydrogens is 339 g/mol. The Hall–Kier alpha value is -1.67. The van der Waals surface area contributed by atoms with E-state index in [0.717, 1.165) is 4.90 Å². The van der Waals surface area contributed by atoms with Crippen molar-refractivity contribution in [2.45, 2.75) is 17.1 Å². The highest BCUT2D eigenvalue weighted by atomic mass is 35.5. The van der Waals surface area contributed by atoms with Gasteiger partial charge in [0.2, 0.25) is 5.91 Å². The first-order valence-electron chi connectivity index (χ1n) is 6.43. The van der Waals surface area contributed by atoms with Gasteiger partial charge in [-0.25, -0.2) is 0 Å². The normalized spacial score (nSPS) is 11.5. The van der Waals surface area contributed by atoms with Gasteiger partial charge in [-0.05, 0) is 37.3 Å². The maximum absolute atomic E-state index is 12.3. The molecule has 2 rings (SSSR count). The number of nitrogens with one attached hydrogen (secondary N) is 1. The van der Waals surface area contributed by atoms with Gasteiger partial charge in [0.05, 0.1) is 21.5 Å². The number of carbonyl (C=O) groups is 1. The van der Waals surface area contributed by atoms with Crippen molar-refractivity contribution in [2.75, 3.05) is 5.32 Å². The number of halogens is 2. The lowest BCUT2D eigenvalue weighted by molar-refractivity contribution is -0.115. The summed E-state index contributed by atoms with van der Waals surface area (Å²) in [6.45, 7) is 1.77. The second kappa shape index (κ2) is 7.55. The van der Waals surface area contributed by atoms with E-state index in [1.807, 2.05) is 6.07 Å². The van der Waals surface area contributed by atoms with Crippen LogP contribution in [0.3, 0.4) is 0 Å². The van der Waals surface area contributed by atoms with Crippen LogP contribution in [0.2, 0.25) is 10.0 Å². The first-order chi connectivity index (χ1) is 10.5. The summed E-state index contributed by atoms with van der Waals surface area (Å²) < 4.78 is 0. The van der Waals surface area contributed by atoms with Crippen molar-refractivity contribution < 1.29 is 4.79 Å². The molecule has 2 aromatic carbocycles. The highest BCUT2D eigenvalue weighted by Crippen LogP contribution is 2.33. The van der Waals surface area contributed by atoms with Crippen molar-refractivity contribution in [3.05, 3.63) is 58.1 Å². The van der Waals surface area contributed by atoms with Gasteiger partial charge in [0, 0.05) is 9.92 Å². The molecule has 112 valence electrons. The molecule has 1 N–H and O–H groups in total. The van der Waals surface area contributed by atoms with Crippen molar-refractivity contribution >= 4 is 46.6 Å². The summed E-state index contributed by atoms with van der Waals surface area (Å²) >= 11 is 13.4. The van der Waals surface area contributed by atoms with E-state index in [-0.39, 0.29) is 11.2 Å². The van der Waals surface area contributed by atoms with Crippen LogP contribution in [0.15, 0.2) is 47.4 Å². The number of anilines is 1. The number of thioether (sulfide) groups is 1. The van der Waals surface area contributed by atoms with E-state index < -0.39 is 0 Å². The van der Waals surface area contributed by atoms with Crippen LogP contribution in [-0.4, -0.2) is 11.2 Å². The van der Waals surface area contributed by atoms with Crippen LogP contribution in [0.4, 0.5) is 5.69 Å². The minimum atomic E-state index is -0.386. The number of para-hydroxylation sites is 1. The van der Waals surface area contributed by atoms with Crippen LogP contribution < -0.4 is 5.32 Å². The van der Waals surface area contributed by atoms with Crippen LogP contribution >= 0.6 is 35.0 Å². The fraction of sp³-hybridized carbons (Fsp3) is 0.125. The Morgan fingerprint density at radius 2 is 2.00 bits per heavy atom. The summed E-state index contributed by atoms with van der Waals surface area (Å²) in [5.74, 6) is -0.205. The number of nitrogens with zero attached hydrogens (tertiary/aromatic N) is 1. The van der Waals surface area contributed by atoms with Gasteiger partial charge >= 0.3 is 0 Å². The topological polar surface area (TPSA) is 52.9 Å². The molecule has 0 heterocycles. The standard InChI is InChI=1S/C16H12Cl2N2OS/c1-10(22-15-8-12(17)6-7-13(15)18)16(21)20-14-5-3-2-4-11(14)9-19/h2-8,10H,1H3,(H,20,21). The number of amides is 1. The third kappa shape index (κ3) is 4.17. The summed E-state index contributed by atoms with van der Waals surface area (Å²) in [5, 5.41) is 12.5. The Morgan fingerprint density at radius 1 is 1.27 bits per heavy atom. The van der Waals surface area contributed by atoms with Gasteiger partial charge in [-0.2, -0.15) is 5.26 Å². The number of benzene rings is 2. The first-order valence-corrected chi connectivity index (χ1v) is 8.06. The lowest BCUT2D eigenvalue weighted by atomic mass is 10.2. The van der Waals surface area contributed by atoms with Gasteiger partial charge in [0.1, 0.15) is 6.07 Å². The van der Waals surface area contributed by atoms with Crippen molar-refractivity contribution in [1.82, 2.24) is 0 Å². The van der Waals surface area contributed by atoms with Crippen molar-refractivity contribution in [3.8, 4) is 6.07 Å². The molecule has 2 aromatic rings. The molecule has 0 saturated heterocycles. The highest BCUT2D eigenvalue weighted by Gasteiger charge is 2.17. The lowest BCUT2D eigenvalue weighted by Gasteiger charge is -2.13. The molecule has 0 spiro atoms. The molecule has 1 amide bonds. The Labute approximate surface area is 143 Å². The molecule has 0 fully saturated rings. The van der Waals surface area contributed by atoms with Crippen LogP contribution in [0.5, 0.6) is 0 Å². The molecule has 1 unspecified atom stereocenters. The molecule has 22 heavy (non-hydrogen) atoms. The van der Waals surface area contributed by atoms with Crippen molar-refractivity contribution in [1.29, 1.82) is 5.26 Å². The zero-order chi connectivity index (χ0) is 16.1. The smallest absolute Gasteiger partial charge is 0.237 e. The molecule has 0 aliphatic heterocycles. The van der Waals surface area contributed by atoms with Crippen LogP contribution in [0, 0.1) is 11.3 Å². The molecular formula is C16H12Cl2N2OS. The minimum Gasteiger partial charge on any atom is -0.324 e. The summed E-state index contributed by atoms with van der Waals surface area (Å²) in [4.78, 5) is 13.0. The predicted octanol–water partition coefficient (Wildman–Crippen LogP) is 4.98. The minimum absolute atomic E-state index is 0.205. The molecule has 0 aromatic heterocycles. The number of rotatable bonds is 4. The maximum atomic E-state index is 12.3. The van der Waals surface area contributed by atoms with Crippen LogP contribution in [-0.2, 0) is 4.79 Å². The SMILES string of the molecule is CC(Sc1cc(Cl)ccc1Cl)C(=O)Nc1ccccc1C#N. The molecule has 0 saturated carbocycles. The average molecular weight is 351 g/mol. The van der Waals surface area contributed by atoms with E-state index in [2.05, 4.69) is 5.32 Å². The van der Waals surface area contributed by atoms with E-state index in [4.69, 9.17) is 28.5 Å². The Kier molecular flexibility index (Phi) is 5.73. The fourth-order valence-electron chi connectivity index (χ4n) is 1.74. The van der Waals surface area contributed by atoms with Gasteiger partial charge in [0.25, 0.3) is 0 Å². The van der Waals surface area contributed by atoms with E-state index in [1.54, 1.807) is 49.4 Å². The second-order valence-electron chi connectivity index (χ2n) is 4.48. The van der Waals surface area contributed by atoms with E-state index in [1.165, 1.54) is 11.8 Å². The summed E-state index contributed by atoms with van der Waals surface area (Å²) in [6, 6.07) is 14.0. The lowest BCUT2D eigenvalue weighted by Crippen LogP contribution is -2.22. The van der Waals surface area contributed by atoms with E-state index in [9.17, 15) is 4.79 Å². The number of nitriles is 1. The first kappa shape index (κ1) is 16.7. The molecule has 0 radical (unpaired) electrons. The Balaban J connectivity index is 2.10. The Morgan fingerprint density at radius 3 is 2.73 bits per heavy atom. The van der Waals surface area contributed by atoms with E-state index >= 15 is 0 Å². The van der Waals surface area contributed by atoms with Gasteiger partial charge < -0.3 is 5.32 Å². The molecule has 6 heteroatoms. The molecule has 1 atom stereocenters. The monoisotopic (exact) mass is 350 g/mol. The third-order valence-corrected chi connectivity index (χ3v) is 4.71. The number of carbonyl (C=O) groups excluding carboxylic acids is 1. The molecule has 0 bridgehead atoms. The van der Waals surface area contributed by atoms with Gasteiger partial charge in [0.15, 0.2) is 0 Å². The summed E-state index contributed by atoms with van der Waals surface area (Å²) in [6.07, 6.45) is 0. The maximum Gasteiger partial charge on any atom is 0.237 e. The Bertz CT molecular complexity index is 743. The zero-order valence-corrected chi connectivity index (χ0v) is 14.0. The van der Waals surface area contributed by atoms with Crippen LogP contribution in [0.1, 0.15) is 12.5 Å². The largest absolute Gasteiger partial charge is 0.324 e. The fourth-order valence-corrected chi connectivity index (χ4v) is 3.15. The third-order valence-electron chi connectivity index (χ3n) is 2.87.